The number of hydrogen-bond acceptors (Lipinski definition) is 8. The van der Waals surface area contributed by atoms with Gasteiger partial charge in [0.05, 0.1) is 33.2 Å². The van der Waals surface area contributed by atoms with E-state index in [4.69, 9.17) is 14.2 Å². The van der Waals surface area contributed by atoms with Crippen molar-refractivity contribution in [1.29, 1.82) is 0 Å². The molecule has 23 heavy (non-hydrogen) atoms. The van der Waals surface area contributed by atoms with Crippen LogP contribution in [0.1, 0.15) is 20.9 Å². The molecule has 0 bridgehead atoms. The summed E-state index contributed by atoms with van der Waals surface area (Å²) < 4.78 is 19.4. The van der Waals surface area contributed by atoms with Crippen molar-refractivity contribution in [2.75, 3.05) is 21.3 Å². The molecule has 0 atom stereocenters. The van der Waals surface area contributed by atoms with Crippen LogP contribution in [0.5, 0.6) is 17.2 Å². The molecule has 2 aromatic rings. The summed E-state index contributed by atoms with van der Waals surface area (Å²) in [7, 11) is 4.60. The van der Waals surface area contributed by atoms with Crippen molar-refractivity contribution < 1.29 is 19.0 Å². The zero-order valence-corrected chi connectivity index (χ0v) is 13.9. The van der Waals surface area contributed by atoms with Crippen molar-refractivity contribution in [3.63, 3.8) is 0 Å². The lowest BCUT2D eigenvalue weighted by molar-refractivity contribution is 0.0958. The normalized spacial score (nSPS) is 10.6. The molecule has 1 amide bonds. The first-order chi connectivity index (χ1) is 11.1. The van der Waals surface area contributed by atoms with E-state index >= 15 is 0 Å². The van der Waals surface area contributed by atoms with Crippen molar-refractivity contribution in [3.8, 4) is 17.2 Å². The minimum atomic E-state index is -0.367. The fourth-order valence-corrected chi connectivity index (χ4v) is 2.35. The number of nitrogens with one attached hydrogen (secondary N) is 1. The summed E-state index contributed by atoms with van der Waals surface area (Å²) >= 11 is 1.01. The molecule has 122 valence electrons. The maximum atomic E-state index is 11.9. The van der Waals surface area contributed by atoms with E-state index in [1.165, 1.54) is 27.5 Å². The highest BCUT2D eigenvalue weighted by Gasteiger charge is 2.13. The molecule has 0 unspecified atom stereocenters. The van der Waals surface area contributed by atoms with E-state index in [0.29, 0.717) is 33.4 Å². The first kappa shape index (κ1) is 16.7. The zero-order chi connectivity index (χ0) is 16.8. The number of aromatic nitrogens is 2. The van der Waals surface area contributed by atoms with Gasteiger partial charge in [-0.2, -0.15) is 5.10 Å². The number of ether oxygens (including phenoxy) is 3. The molecule has 0 fully saturated rings. The number of amides is 1. The highest BCUT2D eigenvalue weighted by molar-refractivity contribution is 7.07. The summed E-state index contributed by atoms with van der Waals surface area (Å²) in [5.74, 6) is 1.24. The molecular weight excluding hydrogens is 320 g/mol. The summed E-state index contributed by atoms with van der Waals surface area (Å²) in [5, 5.41) is 7.71. The Hall–Kier alpha value is -2.68. The number of methoxy groups -OCH3 is 3. The topological polar surface area (TPSA) is 94.9 Å². The second-order valence-corrected chi connectivity index (χ2v) is 5.09. The molecule has 0 saturated carbocycles. The van der Waals surface area contributed by atoms with Gasteiger partial charge in [0.2, 0.25) is 0 Å². The van der Waals surface area contributed by atoms with Crippen LogP contribution in [0, 0.1) is 6.92 Å². The molecule has 9 heteroatoms. The van der Waals surface area contributed by atoms with E-state index in [-0.39, 0.29) is 5.91 Å². The van der Waals surface area contributed by atoms with Gasteiger partial charge in [-0.25, -0.2) is 5.43 Å². The molecule has 0 saturated heterocycles. The van der Waals surface area contributed by atoms with Crippen LogP contribution in [0.3, 0.4) is 0 Å². The van der Waals surface area contributed by atoms with Gasteiger partial charge in [0, 0.05) is 11.6 Å². The van der Waals surface area contributed by atoms with E-state index in [9.17, 15) is 4.79 Å². The number of hydrazone groups is 1. The van der Waals surface area contributed by atoms with E-state index in [1.807, 2.05) is 0 Å². The second kappa shape index (κ2) is 7.54. The maximum Gasteiger partial charge on any atom is 0.285 e. The highest BCUT2D eigenvalue weighted by atomic mass is 32.1. The quantitative estimate of drug-likeness (QED) is 0.636. The van der Waals surface area contributed by atoms with E-state index in [0.717, 1.165) is 11.5 Å². The minimum absolute atomic E-state index is 0.367. The van der Waals surface area contributed by atoms with Crippen molar-refractivity contribution in [3.05, 3.63) is 28.3 Å². The monoisotopic (exact) mass is 336 g/mol. The fourth-order valence-electron chi connectivity index (χ4n) is 1.80. The lowest BCUT2D eigenvalue weighted by Crippen LogP contribution is -2.17. The summed E-state index contributed by atoms with van der Waals surface area (Å²) in [5.41, 5.74) is 3.62. The molecule has 8 nitrogen and oxygen atoms in total. The van der Waals surface area contributed by atoms with Gasteiger partial charge >= 0.3 is 0 Å². The summed E-state index contributed by atoms with van der Waals surface area (Å²) in [6.07, 6.45) is 1.46. The van der Waals surface area contributed by atoms with Gasteiger partial charge in [0.1, 0.15) is 10.6 Å². The van der Waals surface area contributed by atoms with Crippen LogP contribution in [-0.2, 0) is 0 Å². The van der Waals surface area contributed by atoms with Crippen molar-refractivity contribution in [1.82, 2.24) is 15.0 Å². The maximum absolute atomic E-state index is 11.9. The molecule has 0 aliphatic rings. The number of rotatable bonds is 6. The predicted octanol–water partition coefficient (Wildman–Crippen LogP) is 1.64. The van der Waals surface area contributed by atoms with Gasteiger partial charge in [-0.3, -0.25) is 4.79 Å². The molecule has 0 aliphatic heterocycles. The number of nitrogens with zero attached hydrogens (tertiary/aromatic N) is 3. The Labute approximate surface area is 137 Å². The Morgan fingerprint density at radius 2 is 1.83 bits per heavy atom. The molecule has 0 aliphatic carbocycles. The second-order valence-electron chi connectivity index (χ2n) is 4.34. The van der Waals surface area contributed by atoms with Crippen molar-refractivity contribution >= 4 is 23.7 Å². The van der Waals surface area contributed by atoms with Crippen LogP contribution in [0.2, 0.25) is 0 Å². The molecule has 0 radical (unpaired) electrons. The number of carbonyl (C=O) groups is 1. The number of aryl methyl sites for hydroxylation is 1. The predicted molar refractivity (Wildman–Crippen MR) is 85.8 cm³/mol. The molecule has 1 aromatic heterocycles. The Morgan fingerprint density at radius 3 is 2.39 bits per heavy atom. The Bertz CT molecular complexity index is 730. The Morgan fingerprint density at radius 1 is 1.17 bits per heavy atom. The molecule has 2 rings (SSSR count). The largest absolute Gasteiger partial charge is 0.496 e. The van der Waals surface area contributed by atoms with E-state index < -0.39 is 0 Å². The van der Waals surface area contributed by atoms with Gasteiger partial charge in [-0.1, -0.05) is 4.49 Å². The Balaban J connectivity index is 2.18. The van der Waals surface area contributed by atoms with Gasteiger partial charge < -0.3 is 14.2 Å². The Kier molecular flexibility index (Phi) is 5.47. The molecule has 1 aromatic carbocycles. The van der Waals surface area contributed by atoms with Crippen LogP contribution < -0.4 is 19.6 Å². The first-order valence-corrected chi connectivity index (χ1v) is 7.30. The number of carbonyl (C=O) groups excluding carboxylic acids is 1. The van der Waals surface area contributed by atoms with Gasteiger partial charge in [0.25, 0.3) is 5.91 Å². The van der Waals surface area contributed by atoms with Gasteiger partial charge in [-0.15, -0.1) is 5.10 Å². The summed E-state index contributed by atoms with van der Waals surface area (Å²) in [6, 6.07) is 3.38. The highest BCUT2D eigenvalue weighted by Crippen LogP contribution is 2.33. The smallest absolute Gasteiger partial charge is 0.285 e. The summed E-state index contributed by atoms with van der Waals surface area (Å²) in [6.45, 7) is 1.71. The van der Waals surface area contributed by atoms with Crippen LogP contribution >= 0.6 is 11.5 Å². The van der Waals surface area contributed by atoms with E-state index in [1.54, 1.807) is 19.1 Å². The average Bonchev–Trinajstić information content (AvgIpc) is 3.00. The van der Waals surface area contributed by atoms with Crippen LogP contribution in [0.25, 0.3) is 0 Å². The third kappa shape index (κ3) is 3.75. The van der Waals surface area contributed by atoms with Gasteiger partial charge in [-0.05, 0) is 24.5 Å². The van der Waals surface area contributed by atoms with Crippen LogP contribution in [0.15, 0.2) is 17.2 Å². The molecule has 1 heterocycles. The van der Waals surface area contributed by atoms with Crippen molar-refractivity contribution in [2.24, 2.45) is 5.10 Å². The SMILES string of the molecule is COc1cc(OC)c(OC)cc1C=NNC(=O)c1snnc1C. The minimum Gasteiger partial charge on any atom is -0.496 e. The lowest BCUT2D eigenvalue weighted by atomic mass is 10.2. The molecular formula is C14H16N4O4S. The third-order valence-electron chi connectivity index (χ3n) is 2.96. The first-order valence-electron chi connectivity index (χ1n) is 6.53. The van der Waals surface area contributed by atoms with Crippen LogP contribution in [0.4, 0.5) is 0 Å². The molecule has 0 spiro atoms. The third-order valence-corrected chi connectivity index (χ3v) is 3.79. The standard InChI is InChI=1S/C14H16N4O4S/c1-8-13(23-18-16-8)14(19)17-15-7-9-5-11(21-3)12(22-4)6-10(9)20-2/h5-7H,1-4H3,(H,17,19). The van der Waals surface area contributed by atoms with Gasteiger partial charge in [0.15, 0.2) is 11.5 Å². The summed E-state index contributed by atoms with van der Waals surface area (Å²) in [4.78, 5) is 12.3. The fraction of sp³-hybridized carbons (Fsp3) is 0.286. The van der Waals surface area contributed by atoms with Crippen LogP contribution in [-0.4, -0.2) is 43.0 Å². The van der Waals surface area contributed by atoms with Crippen molar-refractivity contribution in [2.45, 2.75) is 6.92 Å². The lowest BCUT2D eigenvalue weighted by Gasteiger charge is -2.11. The molecule has 1 N–H and O–H groups in total. The zero-order valence-electron chi connectivity index (χ0n) is 13.1. The van der Waals surface area contributed by atoms with E-state index in [2.05, 4.69) is 20.1 Å². The number of benzene rings is 1. The average molecular weight is 336 g/mol. The number of hydrogen-bond donors (Lipinski definition) is 1.